The zero-order valence-electron chi connectivity index (χ0n) is 7.43. The predicted molar refractivity (Wildman–Crippen MR) is 46.3 cm³/mol. The molecule has 72 valence electrons. The van der Waals surface area contributed by atoms with Gasteiger partial charge in [-0.25, -0.2) is 5.90 Å². The van der Waals surface area contributed by atoms with Gasteiger partial charge in [0, 0.05) is 13.1 Å². The van der Waals surface area contributed by atoms with Gasteiger partial charge in [-0.3, -0.25) is 4.79 Å². The lowest BCUT2D eigenvalue weighted by Gasteiger charge is -2.04. The molecule has 0 fully saturated rings. The van der Waals surface area contributed by atoms with Gasteiger partial charge < -0.3 is 15.5 Å². The van der Waals surface area contributed by atoms with Crippen molar-refractivity contribution < 1.29 is 9.63 Å². The van der Waals surface area contributed by atoms with E-state index in [0.717, 1.165) is 13.0 Å². The SMILES string of the molecule is CCCNC(=O)CNCCON. The van der Waals surface area contributed by atoms with Gasteiger partial charge in [-0.1, -0.05) is 6.92 Å². The van der Waals surface area contributed by atoms with E-state index in [4.69, 9.17) is 5.90 Å². The topological polar surface area (TPSA) is 76.4 Å². The summed E-state index contributed by atoms with van der Waals surface area (Å²) in [5.41, 5.74) is 0. The molecule has 1 amide bonds. The van der Waals surface area contributed by atoms with Crippen molar-refractivity contribution in [1.82, 2.24) is 10.6 Å². The fourth-order valence-corrected chi connectivity index (χ4v) is 0.660. The summed E-state index contributed by atoms with van der Waals surface area (Å²) in [4.78, 5) is 15.2. The van der Waals surface area contributed by atoms with Crippen molar-refractivity contribution in [2.24, 2.45) is 5.90 Å². The van der Waals surface area contributed by atoms with E-state index in [1.165, 1.54) is 0 Å². The maximum Gasteiger partial charge on any atom is 0.233 e. The Kier molecular flexibility index (Phi) is 7.99. The lowest BCUT2D eigenvalue weighted by molar-refractivity contribution is -0.120. The fourth-order valence-electron chi connectivity index (χ4n) is 0.660. The molecule has 0 atom stereocenters. The number of hydrogen-bond donors (Lipinski definition) is 3. The largest absolute Gasteiger partial charge is 0.355 e. The van der Waals surface area contributed by atoms with Crippen LogP contribution in [0.2, 0.25) is 0 Å². The Morgan fingerprint density at radius 1 is 1.50 bits per heavy atom. The Morgan fingerprint density at radius 2 is 2.25 bits per heavy atom. The quantitative estimate of drug-likeness (QED) is 0.342. The van der Waals surface area contributed by atoms with Crippen LogP contribution in [0, 0.1) is 0 Å². The molecule has 5 nitrogen and oxygen atoms in total. The molecule has 0 aliphatic carbocycles. The maximum atomic E-state index is 10.9. The molecule has 0 radical (unpaired) electrons. The molecule has 0 aromatic heterocycles. The lowest BCUT2D eigenvalue weighted by atomic mass is 10.4. The van der Waals surface area contributed by atoms with Crippen LogP contribution in [0.4, 0.5) is 0 Å². The molecule has 0 bridgehead atoms. The summed E-state index contributed by atoms with van der Waals surface area (Å²) < 4.78 is 0. The summed E-state index contributed by atoms with van der Waals surface area (Å²) in [6.45, 7) is 4.07. The molecular formula is C7H17N3O2. The molecule has 0 aliphatic rings. The molecule has 0 saturated carbocycles. The Bertz CT molecular complexity index is 119. The standard InChI is InChI=1S/C7H17N3O2/c1-2-3-10-7(11)6-9-4-5-12-8/h9H,2-6,8H2,1H3,(H,10,11). The summed E-state index contributed by atoms with van der Waals surface area (Å²) in [5, 5.41) is 5.61. The van der Waals surface area contributed by atoms with E-state index in [1.807, 2.05) is 6.92 Å². The summed E-state index contributed by atoms with van der Waals surface area (Å²) >= 11 is 0. The molecular weight excluding hydrogens is 158 g/mol. The van der Waals surface area contributed by atoms with Crippen molar-refractivity contribution in [2.45, 2.75) is 13.3 Å². The number of hydrogen-bond acceptors (Lipinski definition) is 4. The van der Waals surface area contributed by atoms with Crippen molar-refractivity contribution in [3.05, 3.63) is 0 Å². The normalized spacial score (nSPS) is 9.83. The minimum absolute atomic E-state index is 0.00821. The first-order chi connectivity index (χ1) is 5.81. The summed E-state index contributed by atoms with van der Waals surface area (Å²) in [6.07, 6.45) is 0.956. The molecule has 4 N–H and O–H groups in total. The van der Waals surface area contributed by atoms with Crippen LogP contribution in [0.1, 0.15) is 13.3 Å². The van der Waals surface area contributed by atoms with E-state index in [9.17, 15) is 4.79 Å². The van der Waals surface area contributed by atoms with Crippen LogP contribution in [0.5, 0.6) is 0 Å². The molecule has 12 heavy (non-hydrogen) atoms. The number of amides is 1. The van der Waals surface area contributed by atoms with Gasteiger partial charge in [0.25, 0.3) is 0 Å². The van der Waals surface area contributed by atoms with Crippen LogP contribution in [-0.4, -0.2) is 32.1 Å². The number of nitrogens with one attached hydrogen (secondary N) is 2. The lowest BCUT2D eigenvalue weighted by Crippen LogP contribution is -2.35. The first-order valence-electron chi connectivity index (χ1n) is 4.10. The molecule has 0 rings (SSSR count). The van der Waals surface area contributed by atoms with Gasteiger partial charge in [-0.15, -0.1) is 0 Å². The number of carbonyl (C=O) groups is 1. The molecule has 5 heteroatoms. The fraction of sp³-hybridized carbons (Fsp3) is 0.857. The van der Waals surface area contributed by atoms with Crippen molar-refractivity contribution >= 4 is 5.91 Å². The van der Waals surface area contributed by atoms with Gasteiger partial charge in [0.05, 0.1) is 13.2 Å². The van der Waals surface area contributed by atoms with E-state index in [-0.39, 0.29) is 5.91 Å². The predicted octanol–water partition coefficient (Wildman–Crippen LogP) is -1.01. The number of nitrogens with two attached hydrogens (primary N) is 1. The van der Waals surface area contributed by atoms with Gasteiger partial charge >= 0.3 is 0 Å². The Morgan fingerprint density at radius 3 is 2.83 bits per heavy atom. The molecule has 0 aliphatic heterocycles. The first-order valence-corrected chi connectivity index (χ1v) is 4.10. The van der Waals surface area contributed by atoms with E-state index < -0.39 is 0 Å². The monoisotopic (exact) mass is 175 g/mol. The Balaban J connectivity index is 3.08. The Labute approximate surface area is 72.6 Å². The van der Waals surface area contributed by atoms with Gasteiger partial charge in [-0.2, -0.15) is 0 Å². The van der Waals surface area contributed by atoms with E-state index >= 15 is 0 Å². The average Bonchev–Trinajstić information content (AvgIpc) is 2.09. The Hall–Kier alpha value is -0.650. The van der Waals surface area contributed by atoms with Crippen LogP contribution in [0.25, 0.3) is 0 Å². The highest BCUT2D eigenvalue weighted by Crippen LogP contribution is 1.70. The zero-order chi connectivity index (χ0) is 9.23. The van der Waals surface area contributed by atoms with Gasteiger partial charge in [0.1, 0.15) is 0 Å². The van der Waals surface area contributed by atoms with Gasteiger partial charge in [0.2, 0.25) is 5.91 Å². The smallest absolute Gasteiger partial charge is 0.233 e. The summed E-state index contributed by atoms with van der Waals surface area (Å²) in [5.74, 6) is 4.79. The molecule has 0 aromatic carbocycles. The minimum Gasteiger partial charge on any atom is -0.355 e. The van der Waals surface area contributed by atoms with E-state index in [1.54, 1.807) is 0 Å². The van der Waals surface area contributed by atoms with E-state index in [2.05, 4.69) is 15.5 Å². The van der Waals surface area contributed by atoms with Crippen LogP contribution in [-0.2, 0) is 9.63 Å². The molecule has 0 unspecified atom stereocenters. The maximum absolute atomic E-state index is 10.9. The first kappa shape index (κ1) is 11.4. The molecule has 0 saturated heterocycles. The zero-order valence-corrected chi connectivity index (χ0v) is 7.43. The molecule has 0 heterocycles. The van der Waals surface area contributed by atoms with Crippen molar-refractivity contribution in [3.8, 4) is 0 Å². The van der Waals surface area contributed by atoms with Crippen molar-refractivity contribution in [1.29, 1.82) is 0 Å². The van der Waals surface area contributed by atoms with Gasteiger partial charge in [0.15, 0.2) is 0 Å². The van der Waals surface area contributed by atoms with Crippen LogP contribution < -0.4 is 16.5 Å². The van der Waals surface area contributed by atoms with E-state index in [0.29, 0.717) is 19.7 Å². The van der Waals surface area contributed by atoms with Crippen LogP contribution in [0.3, 0.4) is 0 Å². The third-order valence-corrected chi connectivity index (χ3v) is 1.25. The second-order valence-electron chi connectivity index (χ2n) is 2.40. The molecule has 0 spiro atoms. The number of carbonyl (C=O) groups excluding carboxylic acids is 1. The second kappa shape index (κ2) is 8.45. The average molecular weight is 175 g/mol. The van der Waals surface area contributed by atoms with Crippen molar-refractivity contribution in [3.63, 3.8) is 0 Å². The van der Waals surface area contributed by atoms with Crippen LogP contribution >= 0.6 is 0 Å². The highest BCUT2D eigenvalue weighted by molar-refractivity contribution is 5.77. The third kappa shape index (κ3) is 7.46. The van der Waals surface area contributed by atoms with Crippen LogP contribution in [0.15, 0.2) is 0 Å². The number of rotatable bonds is 7. The van der Waals surface area contributed by atoms with Gasteiger partial charge in [-0.05, 0) is 6.42 Å². The third-order valence-electron chi connectivity index (χ3n) is 1.25. The van der Waals surface area contributed by atoms with Crippen molar-refractivity contribution in [2.75, 3.05) is 26.2 Å². The second-order valence-corrected chi connectivity index (χ2v) is 2.40. The molecule has 0 aromatic rings. The summed E-state index contributed by atoms with van der Waals surface area (Å²) in [7, 11) is 0. The highest BCUT2D eigenvalue weighted by Gasteiger charge is 1.97. The minimum atomic E-state index is 0.00821. The summed E-state index contributed by atoms with van der Waals surface area (Å²) in [6, 6.07) is 0. The highest BCUT2D eigenvalue weighted by atomic mass is 16.6.